The quantitative estimate of drug-likeness (QED) is 0.848. The maximum Gasteiger partial charge on any atom is 0.326 e. The van der Waals surface area contributed by atoms with Crippen molar-refractivity contribution >= 4 is 10.9 Å². The largest absolute Gasteiger partial charge is 0.490 e. The lowest BCUT2D eigenvalue weighted by molar-refractivity contribution is 0.288. The highest BCUT2D eigenvalue weighted by molar-refractivity contribution is 5.81. The molecule has 0 fully saturated rings. The Hall–Kier alpha value is -2.24. The van der Waals surface area contributed by atoms with Gasteiger partial charge in [-0.25, -0.2) is 4.79 Å². The molecule has 0 aliphatic rings. The Labute approximate surface area is 103 Å². The molecule has 0 bridgehead atoms. The Bertz CT molecular complexity index is 672. The standard InChI is InChI=1S/C12H14N2O4/c1-3-17-9-5-7-8(6-10(9)18-4-2)13-12(16)14-11(7)15/h5-6H,3-4H2,1-2H3,(H2,13,14,15,16). The van der Waals surface area contributed by atoms with Gasteiger partial charge < -0.3 is 14.5 Å². The van der Waals surface area contributed by atoms with Gasteiger partial charge in [-0.05, 0) is 19.9 Å². The minimum absolute atomic E-state index is 0.363. The van der Waals surface area contributed by atoms with Gasteiger partial charge >= 0.3 is 5.69 Å². The van der Waals surface area contributed by atoms with E-state index >= 15 is 0 Å². The number of benzene rings is 1. The summed E-state index contributed by atoms with van der Waals surface area (Å²) in [6, 6.07) is 3.17. The van der Waals surface area contributed by atoms with Crippen LogP contribution in [0.1, 0.15) is 13.8 Å². The van der Waals surface area contributed by atoms with E-state index in [1.165, 1.54) is 0 Å². The fourth-order valence-corrected chi connectivity index (χ4v) is 1.71. The van der Waals surface area contributed by atoms with Crippen molar-refractivity contribution in [2.75, 3.05) is 13.2 Å². The molecule has 0 unspecified atom stereocenters. The number of ether oxygens (including phenoxy) is 2. The summed E-state index contributed by atoms with van der Waals surface area (Å²) in [5.74, 6) is 0.998. The average Bonchev–Trinajstić information content (AvgIpc) is 2.31. The van der Waals surface area contributed by atoms with Crippen LogP contribution < -0.4 is 20.7 Å². The van der Waals surface area contributed by atoms with E-state index in [0.29, 0.717) is 35.6 Å². The summed E-state index contributed by atoms with van der Waals surface area (Å²) in [5.41, 5.74) is -0.562. The second-order valence-electron chi connectivity index (χ2n) is 3.62. The van der Waals surface area contributed by atoms with Gasteiger partial charge in [0.05, 0.1) is 24.1 Å². The molecule has 0 atom stereocenters. The van der Waals surface area contributed by atoms with Crippen LogP contribution in [0.2, 0.25) is 0 Å². The molecule has 1 aromatic heterocycles. The van der Waals surface area contributed by atoms with Gasteiger partial charge in [0.2, 0.25) is 0 Å². The average molecular weight is 250 g/mol. The zero-order valence-corrected chi connectivity index (χ0v) is 10.2. The van der Waals surface area contributed by atoms with E-state index in [-0.39, 0.29) is 0 Å². The first-order valence-electron chi connectivity index (χ1n) is 5.71. The van der Waals surface area contributed by atoms with Gasteiger partial charge in [0, 0.05) is 6.07 Å². The molecule has 18 heavy (non-hydrogen) atoms. The SMILES string of the molecule is CCOc1cc2[nH]c(=O)[nH]c(=O)c2cc1OCC. The number of hydrogen-bond acceptors (Lipinski definition) is 4. The highest BCUT2D eigenvalue weighted by Gasteiger charge is 2.10. The third kappa shape index (κ3) is 2.22. The molecule has 0 spiro atoms. The number of fused-ring (bicyclic) bond motifs is 1. The summed E-state index contributed by atoms with van der Waals surface area (Å²) in [4.78, 5) is 27.6. The lowest BCUT2D eigenvalue weighted by Gasteiger charge is -2.11. The van der Waals surface area contributed by atoms with Gasteiger partial charge in [0.25, 0.3) is 5.56 Å². The van der Waals surface area contributed by atoms with E-state index < -0.39 is 11.2 Å². The first-order valence-corrected chi connectivity index (χ1v) is 5.71. The Morgan fingerprint density at radius 2 is 1.61 bits per heavy atom. The third-order valence-electron chi connectivity index (χ3n) is 2.40. The van der Waals surface area contributed by atoms with Crippen molar-refractivity contribution in [1.82, 2.24) is 9.97 Å². The van der Waals surface area contributed by atoms with Crippen molar-refractivity contribution in [1.29, 1.82) is 0 Å². The van der Waals surface area contributed by atoms with E-state index in [1.807, 2.05) is 13.8 Å². The third-order valence-corrected chi connectivity index (χ3v) is 2.40. The van der Waals surface area contributed by atoms with Crippen LogP contribution >= 0.6 is 0 Å². The molecule has 0 saturated heterocycles. The van der Waals surface area contributed by atoms with Crippen LogP contribution in [0.4, 0.5) is 0 Å². The van der Waals surface area contributed by atoms with Crippen molar-refractivity contribution in [3.63, 3.8) is 0 Å². The number of aromatic amines is 2. The molecule has 6 nitrogen and oxygen atoms in total. The fourth-order valence-electron chi connectivity index (χ4n) is 1.71. The lowest BCUT2D eigenvalue weighted by atomic mass is 10.2. The van der Waals surface area contributed by atoms with Crippen LogP contribution in [-0.4, -0.2) is 23.2 Å². The summed E-state index contributed by atoms with van der Waals surface area (Å²) in [7, 11) is 0. The molecular formula is C12H14N2O4. The van der Waals surface area contributed by atoms with Crippen molar-refractivity contribution in [3.05, 3.63) is 33.0 Å². The molecule has 1 aromatic carbocycles. The highest BCUT2D eigenvalue weighted by Crippen LogP contribution is 2.30. The molecule has 2 aromatic rings. The van der Waals surface area contributed by atoms with Crippen LogP contribution in [0, 0.1) is 0 Å². The molecule has 0 radical (unpaired) electrons. The maximum absolute atomic E-state index is 11.7. The highest BCUT2D eigenvalue weighted by atomic mass is 16.5. The molecule has 96 valence electrons. The van der Waals surface area contributed by atoms with Gasteiger partial charge in [-0.1, -0.05) is 0 Å². The Morgan fingerprint density at radius 3 is 2.22 bits per heavy atom. The molecule has 0 aliphatic carbocycles. The number of rotatable bonds is 4. The Morgan fingerprint density at radius 1 is 1.00 bits per heavy atom. The van der Waals surface area contributed by atoms with Crippen LogP contribution in [0.3, 0.4) is 0 Å². The minimum atomic E-state index is -0.542. The van der Waals surface area contributed by atoms with Gasteiger partial charge in [0.15, 0.2) is 11.5 Å². The zero-order valence-electron chi connectivity index (χ0n) is 10.2. The van der Waals surface area contributed by atoms with E-state index in [9.17, 15) is 9.59 Å². The van der Waals surface area contributed by atoms with Crippen LogP contribution in [0.15, 0.2) is 21.7 Å². The molecule has 1 heterocycles. The smallest absolute Gasteiger partial charge is 0.326 e. The molecule has 2 rings (SSSR count). The summed E-state index contributed by atoms with van der Waals surface area (Å²) in [5, 5.41) is 0.363. The van der Waals surface area contributed by atoms with E-state index in [1.54, 1.807) is 12.1 Å². The second kappa shape index (κ2) is 4.95. The fraction of sp³-hybridized carbons (Fsp3) is 0.333. The maximum atomic E-state index is 11.7. The van der Waals surface area contributed by atoms with Crippen LogP contribution in [-0.2, 0) is 0 Å². The zero-order chi connectivity index (χ0) is 13.1. The van der Waals surface area contributed by atoms with Gasteiger partial charge in [0.1, 0.15) is 0 Å². The van der Waals surface area contributed by atoms with Crippen LogP contribution in [0.25, 0.3) is 10.9 Å². The molecule has 2 N–H and O–H groups in total. The number of aromatic nitrogens is 2. The second-order valence-corrected chi connectivity index (χ2v) is 3.62. The molecule has 0 saturated carbocycles. The molecule has 0 amide bonds. The van der Waals surface area contributed by atoms with Crippen LogP contribution in [0.5, 0.6) is 11.5 Å². The number of nitrogens with one attached hydrogen (secondary N) is 2. The van der Waals surface area contributed by atoms with E-state index in [4.69, 9.17) is 9.47 Å². The Kier molecular flexibility index (Phi) is 3.36. The predicted octanol–water partition coefficient (Wildman–Crippen LogP) is 1.01. The van der Waals surface area contributed by atoms with Crippen molar-refractivity contribution in [2.24, 2.45) is 0 Å². The normalized spacial score (nSPS) is 10.6. The topological polar surface area (TPSA) is 84.2 Å². The monoisotopic (exact) mass is 250 g/mol. The van der Waals surface area contributed by atoms with Gasteiger partial charge in [-0.2, -0.15) is 0 Å². The van der Waals surface area contributed by atoms with E-state index in [0.717, 1.165) is 0 Å². The number of H-pyrrole nitrogens is 2. The van der Waals surface area contributed by atoms with Crippen molar-refractivity contribution in [2.45, 2.75) is 13.8 Å². The summed E-state index contributed by atoms with van der Waals surface area (Å²) < 4.78 is 10.8. The molecular weight excluding hydrogens is 236 g/mol. The van der Waals surface area contributed by atoms with Crippen molar-refractivity contribution < 1.29 is 9.47 Å². The molecule has 6 heteroatoms. The Balaban J connectivity index is 2.71. The van der Waals surface area contributed by atoms with E-state index in [2.05, 4.69) is 9.97 Å². The first kappa shape index (κ1) is 12.2. The first-order chi connectivity index (χ1) is 8.65. The van der Waals surface area contributed by atoms with Gasteiger partial charge in [-0.3, -0.25) is 9.78 Å². The molecule has 0 aliphatic heterocycles. The summed E-state index contributed by atoms with van der Waals surface area (Å²) >= 11 is 0. The summed E-state index contributed by atoms with van der Waals surface area (Å²) in [6.45, 7) is 4.63. The minimum Gasteiger partial charge on any atom is -0.490 e. The summed E-state index contributed by atoms with van der Waals surface area (Å²) in [6.07, 6.45) is 0. The van der Waals surface area contributed by atoms with Gasteiger partial charge in [-0.15, -0.1) is 0 Å². The lowest BCUT2D eigenvalue weighted by Crippen LogP contribution is -2.21. The van der Waals surface area contributed by atoms with Crippen molar-refractivity contribution in [3.8, 4) is 11.5 Å². The predicted molar refractivity (Wildman–Crippen MR) is 67.5 cm³/mol. The number of hydrogen-bond donors (Lipinski definition) is 2.